The van der Waals surface area contributed by atoms with Gasteiger partial charge in [-0.05, 0) is 132 Å². The summed E-state index contributed by atoms with van der Waals surface area (Å²) in [6, 6.07) is 48.3. The molecule has 0 spiro atoms. The lowest BCUT2D eigenvalue weighted by molar-refractivity contribution is 0.448. The summed E-state index contributed by atoms with van der Waals surface area (Å²) in [4.78, 5) is 10.2. The molecule has 342 valence electrons. The summed E-state index contributed by atoms with van der Waals surface area (Å²) in [6.45, 7) is -11.0. The molecule has 4 nitrogen and oxygen atoms in total. The normalized spacial score (nSPS) is 17.5. The highest BCUT2D eigenvalue weighted by molar-refractivity contribution is 5.98. The molecule has 0 saturated carbocycles. The molecule has 0 aliphatic rings. The molecule has 1 N–H and O–H groups in total. The largest absolute Gasteiger partial charge is 0.507 e. The lowest BCUT2D eigenvalue weighted by Gasteiger charge is -2.26. The van der Waals surface area contributed by atoms with E-state index in [9.17, 15) is 5.11 Å². The predicted octanol–water partition coefficient (Wildman–Crippen LogP) is 17.3. The molecule has 0 bridgehead atoms. The Kier molecular flexibility index (Phi) is 7.35. The smallest absolute Gasteiger partial charge is 0.149 e. The van der Waals surface area contributed by atoms with Gasteiger partial charge < -0.3 is 5.11 Å². The Morgan fingerprint density at radius 1 is 0.441 bits per heavy atom. The fourth-order valence-corrected chi connectivity index (χ4v) is 8.86. The SMILES string of the molecule is [2H]C([2H])([2H])C(c1cc(-c2ccnc(-c3cc(-c4ccccc4)cc(-c4cccc5c4nc(-c4cccc(C(C)(C)C)c4O)n5-c4ccc(C(C)(C)C)cc4-c4ccccc4)c3)c2)cc(C(C([2H])([2H])[2H])(C([2H])([2H])[2H])C([2H])([2H])[2H])c1)(C([2H])([2H])[2H])C([2H])([2H])[2H]. The number of aromatic hydroxyl groups is 1. The van der Waals surface area contributed by atoms with Crippen LogP contribution in [0.3, 0.4) is 0 Å². The molecular formula is C64H65N3O. The first-order chi connectivity index (χ1) is 39.6. The third-order valence-electron chi connectivity index (χ3n) is 12.5. The van der Waals surface area contributed by atoms with Crippen LogP contribution in [0.4, 0.5) is 0 Å². The number of imidazole rings is 1. The van der Waals surface area contributed by atoms with Crippen molar-refractivity contribution >= 4 is 11.0 Å². The van der Waals surface area contributed by atoms with Crippen LogP contribution in [-0.4, -0.2) is 19.6 Å². The van der Waals surface area contributed by atoms with Gasteiger partial charge in [-0.15, -0.1) is 0 Å². The maximum atomic E-state index is 12.3. The Balaban J connectivity index is 1.35. The van der Waals surface area contributed by atoms with Crippen molar-refractivity contribution in [1.82, 2.24) is 14.5 Å². The molecule has 68 heavy (non-hydrogen) atoms. The van der Waals surface area contributed by atoms with E-state index in [-0.39, 0.29) is 28.0 Å². The number of phenols is 1. The number of hydrogen-bond acceptors (Lipinski definition) is 3. The third-order valence-corrected chi connectivity index (χ3v) is 12.5. The van der Waals surface area contributed by atoms with Gasteiger partial charge in [-0.25, -0.2) is 4.98 Å². The second kappa shape index (κ2) is 17.2. The van der Waals surface area contributed by atoms with E-state index in [4.69, 9.17) is 34.6 Å². The van der Waals surface area contributed by atoms with E-state index in [2.05, 4.69) is 55.7 Å². The average molecular weight is 910 g/mol. The molecular weight excluding hydrogens is 827 g/mol. The van der Waals surface area contributed by atoms with Crippen LogP contribution in [0, 0.1) is 0 Å². The van der Waals surface area contributed by atoms with Crippen LogP contribution in [0.25, 0.3) is 83.9 Å². The lowest BCUT2D eigenvalue weighted by atomic mass is 9.79. The second-order valence-corrected chi connectivity index (χ2v) is 19.6. The summed E-state index contributed by atoms with van der Waals surface area (Å²) in [5.74, 6) is 0.538. The fourth-order valence-electron chi connectivity index (χ4n) is 8.86. The van der Waals surface area contributed by atoms with E-state index >= 15 is 0 Å². The average Bonchev–Trinajstić information content (AvgIpc) is 0.826. The van der Waals surface area contributed by atoms with E-state index in [1.165, 1.54) is 18.3 Å². The minimum Gasteiger partial charge on any atom is -0.507 e. The summed E-state index contributed by atoms with van der Waals surface area (Å²) in [5.41, 5.74) is -0.899. The van der Waals surface area contributed by atoms with Crippen LogP contribution in [-0.2, 0) is 21.7 Å². The van der Waals surface area contributed by atoms with Gasteiger partial charge in [0.15, 0.2) is 0 Å². The number of pyridine rings is 1. The van der Waals surface area contributed by atoms with Gasteiger partial charge in [-0.3, -0.25) is 9.55 Å². The maximum absolute atomic E-state index is 12.3. The van der Waals surface area contributed by atoms with Gasteiger partial charge >= 0.3 is 0 Å². The number of nitrogens with zero attached hydrogens (tertiary/aromatic N) is 3. The molecule has 0 unspecified atom stereocenters. The van der Waals surface area contributed by atoms with E-state index in [0.717, 1.165) is 45.6 Å². The summed E-state index contributed by atoms with van der Waals surface area (Å²) in [5, 5.41) is 12.3. The maximum Gasteiger partial charge on any atom is 0.149 e. The summed E-state index contributed by atoms with van der Waals surface area (Å²) >= 11 is 0. The molecule has 4 heteroatoms. The summed E-state index contributed by atoms with van der Waals surface area (Å²) in [6.07, 6.45) is 1.35. The highest BCUT2D eigenvalue weighted by Gasteiger charge is 2.27. The van der Waals surface area contributed by atoms with Crippen molar-refractivity contribution in [2.24, 2.45) is 0 Å². The Bertz CT molecular complexity index is 3870. The third kappa shape index (κ3) is 9.05. The van der Waals surface area contributed by atoms with Gasteiger partial charge in [-0.2, -0.15) is 0 Å². The van der Waals surface area contributed by atoms with E-state index in [1.807, 2.05) is 124 Å². The first-order valence-electron chi connectivity index (χ1n) is 31.5. The number of aromatic nitrogens is 3. The second-order valence-electron chi connectivity index (χ2n) is 19.6. The highest BCUT2D eigenvalue weighted by Crippen LogP contribution is 2.45. The van der Waals surface area contributed by atoms with Crippen LogP contribution >= 0.6 is 0 Å². The van der Waals surface area contributed by atoms with Crippen LogP contribution in [0.15, 0.2) is 170 Å². The van der Waals surface area contributed by atoms with E-state index in [1.54, 1.807) is 0 Å². The Morgan fingerprint density at radius 2 is 1.04 bits per heavy atom. The molecule has 0 fully saturated rings. The summed E-state index contributed by atoms with van der Waals surface area (Å²) in [7, 11) is 0. The van der Waals surface area contributed by atoms with Gasteiger partial charge in [0.25, 0.3) is 0 Å². The number of benzene rings is 7. The zero-order chi connectivity index (χ0) is 63.3. The van der Waals surface area contributed by atoms with Crippen LogP contribution in [0.5, 0.6) is 5.75 Å². The molecule has 2 aromatic heterocycles. The molecule has 7 aromatic carbocycles. The van der Waals surface area contributed by atoms with Crippen molar-refractivity contribution in [3.63, 3.8) is 0 Å². The first-order valence-corrected chi connectivity index (χ1v) is 22.5. The summed E-state index contributed by atoms with van der Waals surface area (Å²) < 4.78 is 157. The number of phenolic OH excluding ortho intramolecular Hbond substituents is 1. The number of fused-ring (bicyclic) bond motifs is 1. The number of rotatable bonds is 7. The molecule has 9 rings (SSSR count). The minimum absolute atomic E-state index is 0.0327. The van der Waals surface area contributed by atoms with Crippen molar-refractivity contribution < 1.29 is 29.8 Å². The van der Waals surface area contributed by atoms with Gasteiger partial charge in [-0.1, -0.05) is 192 Å². The van der Waals surface area contributed by atoms with Gasteiger partial charge in [0.2, 0.25) is 0 Å². The monoisotopic (exact) mass is 910 g/mol. The fraction of sp³-hybridized carbons (Fsp3) is 0.250. The van der Waals surface area contributed by atoms with Crippen LogP contribution in [0.1, 0.15) is 130 Å². The van der Waals surface area contributed by atoms with Crippen LogP contribution < -0.4 is 0 Å². The van der Waals surface area contributed by atoms with E-state index < -0.39 is 68.5 Å². The van der Waals surface area contributed by atoms with Crippen LogP contribution in [0.2, 0.25) is 0 Å². The standard InChI is InChI=1S/C64H65N3O/c1-61(2,3)48-29-30-56(53(40-48)42-23-17-14-18-24-42)67-57-28-20-25-51(58(57)66-60(67)52-26-19-27-54(59(52)68)64(10,11)12)46-33-44(41-21-15-13-16-22-41)34-47(35-46)55-38-43(31-32-65-55)45-36-49(62(4,5)6)39-50(37-45)63(7,8)9/h13-40,68H,1-12H3/i4D3,5D3,6D3,7D3,8D3,9D3. The molecule has 0 aliphatic carbocycles. The first kappa shape index (κ1) is 29.0. The lowest BCUT2D eigenvalue weighted by Crippen LogP contribution is -2.16. The highest BCUT2D eigenvalue weighted by atomic mass is 16.3. The molecule has 9 aromatic rings. The minimum atomic E-state index is -3.92. The Labute approximate surface area is 429 Å². The van der Waals surface area contributed by atoms with Crippen molar-refractivity contribution in [1.29, 1.82) is 0 Å². The predicted molar refractivity (Wildman–Crippen MR) is 288 cm³/mol. The van der Waals surface area contributed by atoms with Gasteiger partial charge in [0.05, 0.1) is 28.0 Å². The van der Waals surface area contributed by atoms with E-state index in [0.29, 0.717) is 50.7 Å². The number of para-hydroxylation sites is 2. The molecule has 0 amide bonds. The molecule has 2 heterocycles. The molecule has 0 atom stereocenters. The molecule has 0 aliphatic heterocycles. The quantitative estimate of drug-likeness (QED) is 0.173. The zero-order valence-corrected chi connectivity index (χ0v) is 39.0. The Hall–Kier alpha value is -7.04. The van der Waals surface area contributed by atoms with Crippen molar-refractivity contribution in [3.8, 4) is 78.6 Å². The zero-order valence-electron chi connectivity index (χ0n) is 57.0. The van der Waals surface area contributed by atoms with Crippen molar-refractivity contribution in [2.45, 2.75) is 104 Å². The Morgan fingerprint density at radius 3 is 1.69 bits per heavy atom. The van der Waals surface area contributed by atoms with Gasteiger partial charge in [0.1, 0.15) is 11.6 Å². The number of hydrogen-bond donors (Lipinski definition) is 1. The molecule has 0 radical (unpaired) electrons. The topological polar surface area (TPSA) is 50.9 Å². The molecule has 0 saturated heterocycles. The van der Waals surface area contributed by atoms with Crippen molar-refractivity contribution in [3.05, 3.63) is 192 Å². The van der Waals surface area contributed by atoms with Crippen molar-refractivity contribution in [2.75, 3.05) is 0 Å². The van der Waals surface area contributed by atoms with Gasteiger partial charge in [0, 0.05) is 47.6 Å².